The van der Waals surface area contributed by atoms with E-state index in [1.165, 1.54) is 0 Å². The first kappa shape index (κ1) is 17.1. The lowest BCUT2D eigenvalue weighted by atomic mass is 10.2. The van der Waals surface area contributed by atoms with E-state index in [0.29, 0.717) is 25.9 Å². The molecule has 2 aromatic rings. The maximum Gasteiger partial charge on any atom is 0.321 e. The molecule has 6 heteroatoms. The number of nitrogens with one attached hydrogen (secondary N) is 1. The molecule has 0 aliphatic carbocycles. The average Bonchev–Trinajstić information content (AvgIpc) is 3.03. The summed E-state index contributed by atoms with van der Waals surface area (Å²) in [6.45, 7) is 5.28. The van der Waals surface area contributed by atoms with Gasteiger partial charge < -0.3 is 15.0 Å². The number of aromatic nitrogens is 1. The fourth-order valence-corrected chi connectivity index (χ4v) is 3.03. The topological polar surface area (TPSA) is 62.3 Å². The number of thiazole rings is 1. The molecule has 0 saturated heterocycles. The van der Waals surface area contributed by atoms with Crippen LogP contribution in [0.4, 0.5) is 10.5 Å². The number of urea groups is 1. The predicted octanol–water partition coefficient (Wildman–Crippen LogP) is 3.82. The molecule has 0 radical (unpaired) electrons. The SMILES string of the molecule is CCN(CC)C(=O)Nc1ccc(-c2nc(CCC=O)cs2)cc1. The van der Waals surface area contributed by atoms with Gasteiger partial charge in [-0.25, -0.2) is 9.78 Å². The molecule has 0 spiro atoms. The van der Waals surface area contributed by atoms with Gasteiger partial charge in [-0.15, -0.1) is 11.3 Å². The van der Waals surface area contributed by atoms with Crippen molar-refractivity contribution in [1.82, 2.24) is 9.88 Å². The van der Waals surface area contributed by atoms with Crippen LogP contribution in [0.2, 0.25) is 0 Å². The maximum atomic E-state index is 12.0. The van der Waals surface area contributed by atoms with Gasteiger partial charge in [0.1, 0.15) is 11.3 Å². The van der Waals surface area contributed by atoms with Crippen molar-refractivity contribution in [3.05, 3.63) is 35.3 Å². The van der Waals surface area contributed by atoms with Crippen LogP contribution in [-0.4, -0.2) is 35.3 Å². The smallest absolute Gasteiger partial charge is 0.321 e. The van der Waals surface area contributed by atoms with Crippen molar-refractivity contribution in [2.75, 3.05) is 18.4 Å². The average molecular weight is 331 g/mol. The summed E-state index contributed by atoms with van der Waals surface area (Å²) < 4.78 is 0. The first-order valence-electron chi connectivity index (χ1n) is 7.72. The van der Waals surface area contributed by atoms with E-state index in [0.717, 1.165) is 28.2 Å². The predicted molar refractivity (Wildman–Crippen MR) is 93.9 cm³/mol. The van der Waals surface area contributed by atoms with E-state index in [-0.39, 0.29) is 6.03 Å². The van der Waals surface area contributed by atoms with Crippen LogP contribution >= 0.6 is 11.3 Å². The molecule has 0 fully saturated rings. The number of carbonyl (C=O) groups is 2. The summed E-state index contributed by atoms with van der Waals surface area (Å²) in [7, 11) is 0. The fourth-order valence-electron chi connectivity index (χ4n) is 2.17. The first-order chi connectivity index (χ1) is 11.2. The van der Waals surface area contributed by atoms with Crippen molar-refractivity contribution < 1.29 is 9.59 Å². The molecule has 0 saturated carbocycles. The molecular formula is C17H21N3O2S. The molecule has 0 atom stereocenters. The summed E-state index contributed by atoms with van der Waals surface area (Å²) in [4.78, 5) is 28.7. The Morgan fingerprint density at radius 1 is 1.26 bits per heavy atom. The summed E-state index contributed by atoms with van der Waals surface area (Å²) >= 11 is 1.56. The standard InChI is InChI=1S/C17H21N3O2S/c1-3-20(4-2)17(22)19-14-9-7-13(8-10-14)16-18-15(12-23-16)6-5-11-21/h7-12H,3-6H2,1-2H3,(H,19,22). The van der Waals surface area contributed by atoms with Crippen LogP contribution in [0.5, 0.6) is 0 Å². The number of rotatable bonds is 7. The van der Waals surface area contributed by atoms with E-state index >= 15 is 0 Å². The van der Waals surface area contributed by atoms with Gasteiger partial charge in [0.15, 0.2) is 0 Å². The third-order valence-corrected chi connectivity index (χ3v) is 4.44. The molecule has 1 N–H and O–H groups in total. The van der Waals surface area contributed by atoms with Crippen LogP contribution in [0, 0.1) is 0 Å². The molecule has 2 amide bonds. The summed E-state index contributed by atoms with van der Waals surface area (Å²) in [6, 6.07) is 7.56. The summed E-state index contributed by atoms with van der Waals surface area (Å²) in [5, 5.41) is 5.79. The molecule has 0 bridgehead atoms. The van der Waals surface area contributed by atoms with Crippen LogP contribution in [-0.2, 0) is 11.2 Å². The quantitative estimate of drug-likeness (QED) is 0.785. The van der Waals surface area contributed by atoms with Gasteiger partial charge in [-0.2, -0.15) is 0 Å². The molecule has 0 aliphatic rings. The molecule has 1 aromatic heterocycles. The molecule has 23 heavy (non-hydrogen) atoms. The number of benzene rings is 1. The third-order valence-electron chi connectivity index (χ3n) is 3.50. The minimum absolute atomic E-state index is 0.0897. The van der Waals surface area contributed by atoms with Crippen LogP contribution in [0.25, 0.3) is 10.6 Å². The van der Waals surface area contributed by atoms with Gasteiger partial charge in [0, 0.05) is 36.1 Å². The van der Waals surface area contributed by atoms with Gasteiger partial charge in [-0.05, 0) is 44.5 Å². The first-order valence-corrected chi connectivity index (χ1v) is 8.60. The molecule has 1 heterocycles. The monoisotopic (exact) mass is 331 g/mol. The zero-order valence-electron chi connectivity index (χ0n) is 13.4. The number of aryl methyl sites for hydroxylation is 1. The van der Waals surface area contributed by atoms with Crippen molar-refractivity contribution in [3.63, 3.8) is 0 Å². The number of carbonyl (C=O) groups excluding carboxylic acids is 2. The van der Waals surface area contributed by atoms with Crippen LogP contribution < -0.4 is 5.32 Å². The lowest BCUT2D eigenvalue weighted by Crippen LogP contribution is -2.34. The molecule has 0 unspecified atom stereocenters. The minimum atomic E-state index is -0.0897. The Kier molecular flexibility index (Phi) is 6.29. The number of hydrogen-bond donors (Lipinski definition) is 1. The molecule has 0 aliphatic heterocycles. The Labute approximate surface area is 140 Å². The second-order valence-electron chi connectivity index (χ2n) is 5.03. The van der Waals surface area contributed by atoms with E-state index < -0.39 is 0 Å². The number of nitrogens with zero attached hydrogens (tertiary/aromatic N) is 2. The lowest BCUT2D eigenvalue weighted by molar-refractivity contribution is -0.107. The van der Waals surface area contributed by atoms with Crippen molar-refractivity contribution in [2.24, 2.45) is 0 Å². The van der Waals surface area contributed by atoms with Gasteiger partial charge >= 0.3 is 6.03 Å². The van der Waals surface area contributed by atoms with Crippen LogP contribution in [0.3, 0.4) is 0 Å². The largest absolute Gasteiger partial charge is 0.325 e. The number of anilines is 1. The zero-order valence-corrected chi connectivity index (χ0v) is 14.2. The second kappa shape index (κ2) is 8.43. The van der Waals surface area contributed by atoms with Crippen LogP contribution in [0.15, 0.2) is 29.6 Å². The fraction of sp³-hybridized carbons (Fsp3) is 0.353. The lowest BCUT2D eigenvalue weighted by Gasteiger charge is -2.19. The Morgan fingerprint density at radius 3 is 2.57 bits per heavy atom. The van der Waals surface area contributed by atoms with Gasteiger partial charge in [0.2, 0.25) is 0 Å². The highest BCUT2D eigenvalue weighted by Gasteiger charge is 2.10. The summed E-state index contributed by atoms with van der Waals surface area (Å²) in [5.74, 6) is 0. The maximum absolute atomic E-state index is 12.0. The Balaban J connectivity index is 2.03. The van der Waals surface area contributed by atoms with Crippen molar-refractivity contribution in [1.29, 1.82) is 0 Å². The normalized spacial score (nSPS) is 10.3. The summed E-state index contributed by atoms with van der Waals surface area (Å²) in [5.41, 5.74) is 2.72. The van der Waals surface area contributed by atoms with Gasteiger partial charge in [0.05, 0.1) is 5.69 Å². The zero-order chi connectivity index (χ0) is 16.7. The van der Waals surface area contributed by atoms with Gasteiger partial charge in [0.25, 0.3) is 0 Å². The van der Waals surface area contributed by atoms with E-state index in [2.05, 4.69) is 10.3 Å². The highest BCUT2D eigenvalue weighted by molar-refractivity contribution is 7.13. The number of amides is 2. The van der Waals surface area contributed by atoms with E-state index in [9.17, 15) is 9.59 Å². The third kappa shape index (κ3) is 4.63. The minimum Gasteiger partial charge on any atom is -0.325 e. The highest BCUT2D eigenvalue weighted by Crippen LogP contribution is 2.25. The van der Waals surface area contributed by atoms with Crippen molar-refractivity contribution >= 4 is 29.3 Å². The van der Waals surface area contributed by atoms with E-state index in [1.807, 2.05) is 43.5 Å². The van der Waals surface area contributed by atoms with E-state index in [1.54, 1.807) is 16.2 Å². The van der Waals surface area contributed by atoms with Crippen molar-refractivity contribution in [2.45, 2.75) is 26.7 Å². The molecule has 2 rings (SSSR count). The molecular weight excluding hydrogens is 310 g/mol. The molecule has 1 aromatic carbocycles. The number of hydrogen-bond acceptors (Lipinski definition) is 4. The van der Waals surface area contributed by atoms with Crippen LogP contribution in [0.1, 0.15) is 26.0 Å². The van der Waals surface area contributed by atoms with Gasteiger partial charge in [-0.3, -0.25) is 0 Å². The van der Waals surface area contributed by atoms with E-state index in [4.69, 9.17) is 0 Å². The Hall–Kier alpha value is -2.21. The summed E-state index contributed by atoms with van der Waals surface area (Å²) in [6.07, 6.45) is 2.09. The van der Waals surface area contributed by atoms with Crippen molar-refractivity contribution in [3.8, 4) is 10.6 Å². The molecule has 122 valence electrons. The highest BCUT2D eigenvalue weighted by atomic mass is 32.1. The number of aldehydes is 1. The Morgan fingerprint density at radius 2 is 1.96 bits per heavy atom. The molecule has 5 nitrogen and oxygen atoms in total. The van der Waals surface area contributed by atoms with Gasteiger partial charge in [-0.1, -0.05) is 0 Å². The Bertz CT molecular complexity index is 648. The second-order valence-corrected chi connectivity index (χ2v) is 5.89.